The lowest BCUT2D eigenvalue weighted by Gasteiger charge is -2.39. The summed E-state index contributed by atoms with van der Waals surface area (Å²) in [5, 5.41) is 3.34. The van der Waals surface area contributed by atoms with Gasteiger partial charge in [0.25, 0.3) is 0 Å². The molecule has 1 N–H and O–H groups in total. The van der Waals surface area contributed by atoms with Gasteiger partial charge in [-0.15, -0.1) is 24.0 Å². The van der Waals surface area contributed by atoms with Crippen LogP contribution in [-0.4, -0.2) is 110 Å². The fraction of sp³-hybridized carbons (Fsp3) is 0.857. The van der Waals surface area contributed by atoms with Crippen molar-refractivity contribution < 1.29 is 23.8 Å². The second kappa shape index (κ2) is 12.1. The number of hydrogen-bond donors (Lipinski definition) is 1. The molecule has 2 heterocycles. The first-order valence-corrected chi connectivity index (χ1v) is 10.9. The molecule has 0 spiro atoms. The van der Waals surface area contributed by atoms with Crippen LogP contribution in [0.3, 0.4) is 0 Å². The molecule has 11 heteroatoms. The van der Waals surface area contributed by atoms with Crippen molar-refractivity contribution in [3.05, 3.63) is 0 Å². The topological polar surface area (TPSA) is 95.9 Å². The Morgan fingerprint density at radius 2 is 1.75 bits per heavy atom. The van der Waals surface area contributed by atoms with Gasteiger partial charge in [0.05, 0.1) is 19.2 Å². The van der Waals surface area contributed by atoms with E-state index >= 15 is 0 Å². The highest BCUT2D eigenvalue weighted by molar-refractivity contribution is 14.0. The molecule has 32 heavy (non-hydrogen) atoms. The number of guanidine groups is 1. The van der Waals surface area contributed by atoms with Crippen LogP contribution in [0.25, 0.3) is 0 Å². The third kappa shape index (κ3) is 9.16. The van der Waals surface area contributed by atoms with Gasteiger partial charge in [-0.05, 0) is 41.5 Å². The van der Waals surface area contributed by atoms with Crippen molar-refractivity contribution in [1.82, 2.24) is 20.0 Å². The third-order valence-electron chi connectivity index (χ3n) is 4.74. The molecule has 1 atom stereocenters. The lowest BCUT2D eigenvalue weighted by molar-refractivity contribution is 0.0137. The van der Waals surface area contributed by atoms with Gasteiger partial charge in [-0.25, -0.2) is 9.59 Å². The highest BCUT2D eigenvalue weighted by atomic mass is 127. The summed E-state index contributed by atoms with van der Waals surface area (Å²) >= 11 is 0. The van der Waals surface area contributed by atoms with Gasteiger partial charge >= 0.3 is 12.2 Å². The van der Waals surface area contributed by atoms with E-state index in [-0.39, 0.29) is 42.2 Å². The van der Waals surface area contributed by atoms with Crippen LogP contribution in [-0.2, 0) is 14.2 Å². The molecule has 0 aromatic rings. The Morgan fingerprint density at radius 3 is 2.34 bits per heavy atom. The molecule has 1 saturated heterocycles. The molecule has 2 amide bonds. The van der Waals surface area contributed by atoms with Gasteiger partial charge in [-0.2, -0.15) is 0 Å². The van der Waals surface area contributed by atoms with Crippen LogP contribution in [0.5, 0.6) is 0 Å². The molecular formula is C21H40IN5O5. The first-order valence-electron chi connectivity index (χ1n) is 10.9. The largest absolute Gasteiger partial charge is 0.444 e. The van der Waals surface area contributed by atoms with Crippen LogP contribution in [0, 0.1) is 0 Å². The Hall–Kier alpha value is -1.50. The van der Waals surface area contributed by atoms with E-state index in [0.29, 0.717) is 52.4 Å². The highest BCUT2D eigenvalue weighted by Crippen LogP contribution is 2.18. The van der Waals surface area contributed by atoms with E-state index in [9.17, 15) is 9.59 Å². The Morgan fingerprint density at radius 1 is 1.09 bits per heavy atom. The number of fused-ring (bicyclic) bond motifs is 1. The van der Waals surface area contributed by atoms with Crippen molar-refractivity contribution in [1.29, 1.82) is 0 Å². The molecule has 2 aliphatic rings. The average molecular weight is 569 g/mol. The summed E-state index contributed by atoms with van der Waals surface area (Å²) in [6.45, 7) is 15.6. The fourth-order valence-electron chi connectivity index (χ4n) is 3.35. The van der Waals surface area contributed by atoms with Crippen molar-refractivity contribution in [2.45, 2.75) is 58.8 Å². The molecule has 1 fully saturated rings. The van der Waals surface area contributed by atoms with Crippen LogP contribution < -0.4 is 5.32 Å². The van der Waals surface area contributed by atoms with Crippen molar-refractivity contribution in [2.75, 3.05) is 59.5 Å². The molecule has 0 aromatic carbocycles. The van der Waals surface area contributed by atoms with Gasteiger partial charge in [0.2, 0.25) is 0 Å². The van der Waals surface area contributed by atoms with Gasteiger partial charge < -0.3 is 34.2 Å². The minimum atomic E-state index is -0.549. The zero-order valence-corrected chi connectivity index (χ0v) is 22.8. The van der Waals surface area contributed by atoms with E-state index < -0.39 is 11.2 Å². The van der Waals surface area contributed by atoms with Crippen LogP contribution in [0.1, 0.15) is 41.5 Å². The highest BCUT2D eigenvalue weighted by Gasteiger charge is 2.36. The van der Waals surface area contributed by atoms with Gasteiger partial charge in [-0.1, -0.05) is 0 Å². The molecular weight excluding hydrogens is 529 g/mol. The first-order chi connectivity index (χ1) is 14.4. The molecule has 0 aromatic heterocycles. The standard InChI is InChI=1S/C21H39N5O5.HI/c1-20(2,3)30-18(27)24(12-13-29-7)9-8-22-17-23-14-16-15-25(10-11-26(16)17)19(28)31-21(4,5)6;/h16H,8-15H2,1-7H3,(H,22,23);1H. The number of rotatable bonds is 6. The second-order valence-corrected chi connectivity index (χ2v) is 9.82. The predicted octanol–water partition coefficient (Wildman–Crippen LogP) is 2.37. The Balaban J connectivity index is 0.00000512. The predicted molar refractivity (Wildman–Crippen MR) is 134 cm³/mol. The maximum Gasteiger partial charge on any atom is 0.410 e. The molecule has 2 rings (SSSR count). The van der Waals surface area contributed by atoms with Crippen molar-refractivity contribution in [3.8, 4) is 0 Å². The van der Waals surface area contributed by atoms with Gasteiger partial charge in [0.1, 0.15) is 11.2 Å². The number of aliphatic imine (C=N–C) groups is 1. The normalized spacial score (nSPS) is 18.3. The SMILES string of the molecule is COCCN(CCNC1=NCC2CN(C(=O)OC(C)(C)C)CCN12)C(=O)OC(C)(C)C.I. The quantitative estimate of drug-likeness (QED) is 0.491. The number of nitrogens with one attached hydrogen (secondary N) is 1. The van der Waals surface area contributed by atoms with E-state index in [4.69, 9.17) is 14.2 Å². The van der Waals surface area contributed by atoms with E-state index in [1.807, 2.05) is 41.5 Å². The molecule has 1 unspecified atom stereocenters. The second-order valence-electron chi connectivity index (χ2n) is 9.82. The Bertz CT molecular complexity index is 662. The molecule has 186 valence electrons. The van der Waals surface area contributed by atoms with E-state index in [1.54, 1.807) is 16.9 Å². The first kappa shape index (κ1) is 28.5. The minimum absolute atomic E-state index is 0. The van der Waals surface area contributed by atoms with Gasteiger partial charge in [0.15, 0.2) is 5.96 Å². The summed E-state index contributed by atoms with van der Waals surface area (Å²) in [5.41, 5.74) is -1.05. The molecule has 0 radical (unpaired) electrons. The number of halogens is 1. The average Bonchev–Trinajstić information content (AvgIpc) is 3.04. The number of ether oxygens (including phenoxy) is 3. The summed E-state index contributed by atoms with van der Waals surface area (Å²) in [4.78, 5) is 35.0. The number of carbonyl (C=O) groups is 2. The summed E-state index contributed by atoms with van der Waals surface area (Å²) in [6.07, 6.45) is -0.636. The lowest BCUT2D eigenvalue weighted by atomic mass is 10.2. The number of amides is 2. The number of piperazine rings is 1. The summed E-state index contributed by atoms with van der Waals surface area (Å²) in [6, 6.07) is 0.138. The summed E-state index contributed by atoms with van der Waals surface area (Å²) < 4.78 is 16.1. The van der Waals surface area contributed by atoms with E-state index in [1.165, 1.54) is 0 Å². The Kier molecular flexibility index (Phi) is 10.8. The maximum atomic E-state index is 12.4. The van der Waals surface area contributed by atoms with E-state index in [0.717, 1.165) is 5.96 Å². The summed E-state index contributed by atoms with van der Waals surface area (Å²) in [7, 11) is 1.61. The van der Waals surface area contributed by atoms with Crippen molar-refractivity contribution in [2.24, 2.45) is 4.99 Å². The van der Waals surface area contributed by atoms with Crippen LogP contribution in [0.4, 0.5) is 9.59 Å². The Labute approximate surface area is 209 Å². The fourth-order valence-corrected chi connectivity index (χ4v) is 3.35. The molecule has 0 saturated carbocycles. The third-order valence-corrected chi connectivity index (χ3v) is 4.74. The van der Waals surface area contributed by atoms with Crippen LogP contribution >= 0.6 is 24.0 Å². The molecule has 2 aliphatic heterocycles. The van der Waals surface area contributed by atoms with Gasteiger partial charge in [-0.3, -0.25) is 4.99 Å². The molecule has 0 bridgehead atoms. The monoisotopic (exact) mass is 569 g/mol. The number of carbonyl (C=O) groups excluding carboxylic acids is 2. The maximum absolute atomic E-state index is 12.4. The number of methoxy groups -OCH3 is 1. The van der Waals surface area contributed by atoms with Crippen LogP contribution in [0.15, 0.2) is 4.99 Å². The zero-order chi connectivity index (χ0) is 23.2. The van der Waals surface area contributed by atoms with Crippen LogP contribution in [0.2, 0.25) is 0 Å². The number of hydrogen-bond acceptors (Lipinski definition) is 8. The van der Waals surface area contributed by atoms with Gasteiger partial charge in [0, 0.05) is 46.4 Å². The number of nitrogens with zero attached hydrogens (tertiary/aromatic N) is 4. The minimum Gasteiger partial charge on any atom is -0.444 e. The van der Waals surface area contributed by atoms with Crippen molar-refractivity contribution >= 4 is 42.1 Å². The molecule has 10 nitrogen and oxygen atoms in total. The lowest BCUT2D eigenvalue weighted by Crippen LogP contribution is -2.58. The summed E-state index contributed by atoms with van der Waals surface area (Å²) in [5.74, 6) is 0.810. The van der Waals surface area contributed by atoms with E-state index in [2.05, 4.69) is 15.2 Å². The smallest absolute Gasteiger partial charge is 0.410 e. The molecule has 0 aliphatic carbocycles. The zero-order valence-electron chi connectivity index (χ0n) is 20.5. The van der Waals surface area contributed by atoms with Crippen molar-refractivity contribution in [3.63, 3.8) is 0 Å².